The van der Waals surface area contributed by atoms with Crippen LogP contribution in [0.25, 0.3) is 0 Å². The van der Waals surface area contributed by atoms with Crippen molar-refractivity contribution in [1.29, 1.82) is 0 Å². The minimum atomic E-state index is 0. The standard InChI is InChI=1S/C19H31N3O2.HI/c1-15(2)23-12-6-11-21-19(20-3)22-13-17-7-4-5-8-18(17)24-14-16-9-10-16;/h4-5,7-8,15-16H,6,9-14H2,1-3H3,(H2,20,21,22);1H. The average molecular weight is 461 g/mol. The zero-order valence-corrected chi connectivity index (χ0v) is 17.9. The maximum atomic E-state index is 5.95. The molecule has 1 fully saturated rings. The molecule has 0 unspecified atom stereocenters. The van der Waals surface area contributed by atoms with Crippen LogP contribution in [0.3, 0.4) is 0 Å². The minimum Gasteiger partial charge on any atom is -0.493 e. The first kappa shape index (κ1) is 22.0. The largest absolute Gasteiger partial charge is 0.493 e. The summed E-state index contributed by atoms with van der Waals surface area (Å²) in [6, 6.07) is 8.20. The molecule has 0 radical (unpaired) electrons. The Morgan fingerprint density at radius 1 is 1.24 bits per heavy atom. The van der Waals surface area contributed by atoms with Gasteiger partial charge in [0, 0.05) is 32.3 Å². The lowest BCUT2D eigenvalue weighted by Gasteiger charge is -2.15. The van der Waals surface area contributed by atoms with Crippen LogP contribution >= 0.6 is 24.0 Å². The maximum Gasteiger partial charge on any atom is 0.191 e. The van der Waals surface area contributed by atoms with Gasteiger partial charge in [-0.05, 0) is 45.1 Å². The number of halogens is 1. The van der Waals surface area contributed by atoms with Crippen LogP contribution < -0.4 is 15.4 Å². The Labute approximate surface area is 169 Å². The van der Waals surface area contributed by atoms with E-state index in [4.69, 9.17) is 9.47 Å². The fourth-order valence-electron chi connectivity index (χ4n) is 2.28. The summed E-state index contributed by atoms with van der Waals surface area (Å²) in [5.74, 6) is 2.53. The molecule has 0 saturated heterocycles. The first-order valence-electron chi connectivity index (χ1n) is 8.96. The van der Waals surface area contributed by atoms with E-state index in [-0.39, 0.29) is 30.1 Å². The summed E-state index contributed by atoms with van der Waals surface area (Å²) in [7, 11) is 1.79. The van der Waals surface area contributed by atoms with Crippen molar-refractivity contribution in [2.24, 2.45) is 10.9 Å². The lowest BCUT2D eigenvalue weighted by Crippen LogP contribution is -2.37. The summed E-state index contributed by atoms with van der Waals surface area (Å²) in [4.78, 5) is 4.26. The van der Waals surface area contributed by atoms with Crippen LogP contribution in [0.2, 0.25) is 0 Å². The molecule has 1 aromatic rings. The van der Waals surface area contributed by atoms with Crippen LogP contribution in [0.1, 0.15) is 38.7 Å². The third kappa shape index (κ3) is 9.30. The minimum absolute atomic E-state index is 0. The zero-order valence-electron chi connectivity index (χ0n) is 15.6. The van der Waals surface area contributed by atoms with Crippen molar-refractivity contribution < 1.29 is 9.47 Å². The number of benzene rings is 1. The van der Waals surface area contributed by atoms with Gasteiger partial charge in [0.25, 0.3) is 0 Å². The van der Waals surface area contributed by atoms with E-state index >= 15 is 0 Å². The van der Waals surface area contributed by atoms with E-state index < -0.39 is 0 Å². The SMILES string of the molecule is CN=C(NCCCOC(C)C)NCc1ccccc1OCC1CC1.I. The van der Waals surface area contributed by atoms with E-state index in [2.05, 4.69) is 35.5 Å². The van der Waals surface area contributed by atoms with Crippen LogP contribution in [0, 0.1) is 5.92 Å². The van der Waals surface area contributed by atoms with Gasteiger partial charge in [0.15, 0.2) is 5.96 Å². The van der Waals surface area contributed by atoms with Gasteiger partial charge in [-0.1, -0.05) is 18.2 Å². The van der Waals surface area contributed by atoms with Crippen molar-refractivity contribution in [2.75, 3.05) is 26.8 Å². The quantitative estimate of drug-likeness (QED) is 0.242. The third-order valence-corrected chi connectivity index (χ3v) is 3.88. The predicted molar refractivity (Wildman–Crippen MR) is 114 cm³/mol. The Kier molecular flexibility index (Phi) is 10.9. The lowest BCUT2D eigenvalue weighted by atomic mass is 10.2. The van der Waals surface area contributed by atoms with Gasteiger partial charge in [-0.3, -0.25) is 4.99 Å². The van der Waals surface area contributed by atoms with Crippen LogP contribution in [0.5, 0.6) is 5.75 Å². The molecule has 0 aromatic heterocycles. The van der Waals surface area contributed by atoms with Gasteiger partial charge >= 0.3 is 0 Å². The molecule has 25 heavy (non-hydrogen) atoms. The highest BCUT2D eigenvalue weighted by Gasteiger charge is 2.22. The summed E-state index contributed by atoms with van der Waals surface area (Å²) in [5.41, 5.74) is 1.16. The van der Waals surface area contributed by atoms with E-state index in [1.165, 1.54) is 12.8 Å². The molecule has 0 bridgehead atoms. The Morgan fingerprint density at radius 2 is 2.00 bits per heavy atom. The van der Waals surface area contributed by atoms with Gasteiger partial charge < -0.3 is 20.1 Å². The molecular formula is C19H32IN3O2. The molecule has 1 aliphatic carbocycles. The first-order valence-corrected chi connectivity index (χ1v) is 8.96. The van der Waals surface area contributed by atoms with Crippen LogP contribution in [0.4, 0.5) is 0 Å². The molecule has 0 amide bonds. The van der Waals surface area contributed by atoms with E-state index in [9.17, 15) is 0 Å². The van der Waals surface area contributed by atoms with E-state index in [1.807, 2.05) is 18.2 Å². The molecule has 2 N–H and O–H groups in total. The van der Waals surface area contributed by atoms with Gasteiger partial charge in [-0.15, -0.1) is 24.0 Å². The lowest BCUT2D eigenvalue weighted by molar-refractivity contribution is 0.0776. The highest BCUT2D eigenvalue weighted by Crippen LogP contribution is 2.30. The number of nitrogens with zero attached hydrogens (tertiary/aromatic N) is 1. The average Bonchev–Trinajstić information content (AvgIpc) is 3.40. The summed E-state index contributed by atoms with van der Waals surface area (Å²) in [6.07, 6.45) is 3.85. The molecule has 0 atom stereocenters. The number of ether oxygens (including phenoxy) is 2. The maximum absolute atomic E-state index is 5.95. The Bertz CT molecular complexity index is 519. The Morgan fingerprint density at radius 3 is 2.68 bits per heavy atom. The Hall–Kier alpha value is -1.02. The monoisotopic (exact) mass is 461 g/mol. The fraction of sp³-hybridized carbons (Fsp3) is 0.632. The normalized spacial score (nSPS) is 14.2. The van der Waals surface area contributed by atoms with Crippen LogP contribution in [-0.4, -0.2) is 38.9 Å². The number of guanidine groups is 1. The molecule has 142 valence electrons. The number of para-hydroxylation sites is 1. The topological polar surface area (TPSA) is 54.9 Å². The number of aliphatic imine (C=N–C) groups is 1. The third-order valence-electron chi connectivity index (χ3n) is 3.88. The fourth-order valence-corrected chi connectivity index (χ4v) is 2.28. The number of hydrogen-bond acceptors (Lipinski definition) is 3. The van der Waals surface area contributed by atoms with Gasteiger partial charge in [0.05, 0.1) is 12.7 Å². The van der Waals surface area contributed by atoms with E-state index in [1.54, 1.807) is 7.05 Å². The molecule has 1 saturated carbocycles. The second-order valence-electron chi connectivity index (χ2n) is 6.49. The molecule has 0 heterocycles. The Balaban J connectivity index is 0.00000312. The van der Waals surface area contributed by atoms with Crippen LogP contribution in [0.15, 0.2) is 29.3 Å². The smallest absolute Gasteiger partial charge is 0.191 e. The van der Waals surface area contributed by atoms with Crippen molar-refractivity contribution in [2.45, 2.75) is 45.8 Å². The molecule has 1 aromatic carbocycles. The van der Waals surface area contributed by atoms with E-state index in [0.717, 1.165) is 49.4 Å². The zero-order chi connectivity index (χ0) is 17.2. The van der Waals surface area contributed by atoms with Gasteiger partial charge in [-0.2, -0.15) is 0 Å². The summed E-state index contributed by atoms with van der Waals surface area (Å²) < 4.78 is 11.5. The molecule has 6 heteroatoms. The number of rotatable bonds is 10. The molecule has 2 rings (SSSR count). The first-order chi connectivity index (χ1) is 11.7. The summed E-state index contributed by atoms with van der Waals surface area (Å²) in [6.45, 7) is 7.24. The number of hydrogen-bond donors (Lipinski definition) is 2. The molecule has 5 nitrogen and oxygen atoms in total. The molecule has 0 spiro atoms. The van der Waals surface area contributed by atoms with Crippen molar-refractivity contribution in [1.82, 2.24) is 10.6 Å². The highest BCUT2D eigenvalue weighted by molar-refractivity contribution is 14.0. The van der Waals surface area contributed by atoms with Crippen molar-refractivity contribution in [3.8, 4) is 5.75 Å². The van der Waals surface area contributed by atoms with Gasteiger partial charge in [0.1, 0.15) is 5.75 Å². The van der Waals surface area contributed by atoms with Crippen molar-refractivity contribution >= 4 is 29.9 Å². The molecular weight excluding hydrogens is 429 g/mol. The predicted octanol–water partition coefficient (Wildman–Crippen LogP) is 3.57. The van der Waals surface area contributed by atoms with E-state index in [0.29, 0.717) is 6.54 Å². The second kappa shape index (κ2) is 12.4. The van der Waals surface area contributed by atoms with Crippen molar-refractivity contribution in [3.05, 3.63) is 29.8 Å². The van der Waals surface area contributed by atoms with Crippen molar-refractivity contribution in [3.63, 3.8) is 0 Å². The van der Waals surface area contributed by atoms with Gasteiger partial charge in [0.2, 0.25) is 0 Å². The number of nitrogens with one attached hydrogen (secondary N) is 2. The second-order valence-corrected chi connectivity index (χ2v) is 6.49. The van der Waals surface area contributed by atoms with Crippen LogP contribution in [-0.2, 0) is 11.3 Å². The summed E-state index contributed by atoms with van der Waals surface area (Å²) in [5, 5.41) is 6.66. The summed E-state index contributed by atoms with van der Waals surface area (Å²) >= 11 is 0. The highest BCUT2D eigenvalue weighted by atomic mass is 127. The molecule has 1 aliphatic rings. The van der Waals surface area contributed by atoms with Gasteiger partial charge in [-0.25, -0.2) is 0 Å². The molecule has 0 aliphatic heterocycles.